The molecule has 1 amide bonds. The van der Waals surface area contributed by atoms with Crippen molar-refractivity contribution in [3.8, 4) is 11.3 Å². The molecule has 3 heterocycles. The number of carbonyl (C=O) groups excluding carboxylic acids is 1. The number of H-pyrrole nitrogens is 1. The van der Waals surface area contributed by atoms with Crippen LogP contribution in [0.25, 0.3) is 17.0 Å². The van der Waals surface area contributed by atoms with Gasteiger partial charge in [0.15, 0.2) is 5.76 Å². The number of aromatic nitrogens is 3. The van der Waals surface area contributed by atoms with Gasteiger partial charge in [0.05, 0.1) is 47.6 Å². The lowest BCUT2D eigenvalue weighted by molar-refractivity contribution is -0.0182. The first kappa shape index (κ1) is 23.3. The molecule has 1 fully saturated rings. The van der Waals surface area contributed by atoms with Crippen molar-refractivity contribution < 1.29 is 13.9 Å². The number of benzene rings is 1. The van der Waals surface area contributed by atoms with Crippen molar-refractivity contribution in [1.29, 1.82) is 0 Å². The number of hydrogen-bond donors (Lipinski definition) is 3. The maximum atomic E-state index is 13.0. The van der Waals surface area contributed by atoms with Crippen LogP contribution in [0, 0.1) is 0 Å². The Labute approximate surface area is 208 Å². The second-order valence-corrected chi connectivity index (χ2v) is 8.47. The number of amides is 1. The molecule has 5 rings (SSSR count). The van der Waals surface area contributed by atoms with E-state index >= 15 is 0 Å². The molecule has 0 aliphatic heterocycles. The quantitative estimate of drug-likeness (QED) is 0.310. The van der Waals surface area contributed by atoms with Gasteiger partial charge in [-0.1, -0.05) is 36.4 Å². The number of carbonyl (C=O) groups is 1. The number of hydrogen-bond acceptors (Lipinski definition) is 7. The van der Waals surface area contributed by atoms with Gasteiger partial charge in [-0.3, -0.25) is 19.9 Å². The second-order valence-electron chi connectivity index (χ2n) is 8.47. The zero-order valence-corrected chi connectivity index (χ0v) is 19.5. The number of aromatic amines is 1. The standard InChI is InChI=1S/C27H26N6O3/c28-26(22-8-4-5-11-29-22)23(33-27(34)25-10-9-24(36-25)19-14-31-32-15-19)16-30-20-12-21(13-20)35-17-18-6-2-1-3-7-18/h1-11,14-16,20-21H,12-13,17,28H2,(H,31,32)(H,33,34). The summed E-state index contributed by atoms with van der Waals surface area (Å²) in [5.41, 5.74) is 9.47. The van der Waals surface area contributed by atoms with Crippen molar-refractivity contribution in [2.45, 2.75) is 31.6 Å². The first-order chi connectivity index (χ1) is 17.7. The van der Waals surface area contributed by atoms with E-state index in [4.69, 9.17) is 14.9 Å². The number of ether oxygens (including phenoxy) is 1. The zero-order valence-electron chi connectivity index (χ0n) is 19.5. The minimum Gasteiger partial charge on any atom is -0.451 e. The molecule has 4 aromatic rings. The lowest BCUT2D eigenvalue weighted by atomic mass is 9.90. The number of nitrogens with two attached hydrogens (primary N) is 1. The lowest BCUT2D eigenvalue weighted by Gasteiger charge is -2.32. The highest BCUT2D eigenvalue weighted by atomic mass is 16.5. The van der Waals surface area contributed by atoms with Crippen molar-refractivity contribution in [2.24, 2.45) is 10.7 Å². The van der Waals surface area contributed by atoms with Crippen molar-refractivity contribution in [3.05, 3.63) is 102 Å². The van der Waals surface area contributed by atoms with Crippen LogP contribution in [-0.4, -0.2) is 39.4 Å². The molecule has 1 aromatic carbocycles. The smallest absolute Gasteiger partial charge is 0.291 e. The molecule has 9 heteroatoms. The van der Waals surface area contributed by atoms with Gasteiger partial charge in [0, 0.05) is 18.6 Å². The second kappa shape index (κ2) is 10.8. The summed E-state index contributed by atoms with van der Waals surface area (Å²) in [5, 5.41) is 9.45. The summed E-state index contributed by atoms with van der Waals surface area (Å²) < 4.78 is 11.7. The summed E-state index contributed by atoms with van der Waals surface area (Å²) in [6.45, 7) is 0.583. The van der Waals surface area contributed by atoms with Crippen LogP contribution in [0.4, 0.5) is 0 Å². The number of allylic oxidation sites excluding steroid dienone is 1. The van der Waals surface area contributed by atoms with E-state index in [-0.39, 0.29) is 17.9 Å². The molecule has 1 aliphatic carbocycles. The summed E-state index contributed by atoms with van der Waals surface area (Å²) in [6, 6.07) is 18.9. The fraction of sp³-hybridized carbons (Fsp3) is 0.185. The molecule has 0 unspecified atom stereocenters. The molecular formula is C27H26N6O3. The van der Waals surface area contributed by atoms with Crippen LogP contribution in [-0.2, 0) is 11.3 Å². The average Bonchev–Trinajstić information content (AvgIpc) is 3.60. The molecule has 36 heavy (non-hydrogen) atoms. The minimum absolute atomic E-state index is 0.0884. The minimum atomic E-state index is -0.442. The van der Waals surface area contributed by atoms with Crippen LogP contribution in [0.5, 0.6) is 0 Å². The van der Waals surface area contributed by atoms with E-state index in [2.05, 4.69) is 25.5 Å². The molecule has 0 spiro atoms. The number of pyridine rings is 1. The van der Waals surface area contributed by atoms with E-state index in [9.17, 15) is 4.79 Å². The Balaban J connectivity index is 1.25. The van der Waals surface area contributed by atoms with Gasteiger partial charge in [0.25, 0.3) is 5.91 Å². The van der Waals surface area contributed by atoms with Crippen molar-refractivity contribution in [3.63, 3.8) is 0 Å². The van der Waals surface area contributed by atoms with Crippen molar-refractivity contribution in [1.82, 2.24) is 20.5 Å². The van der Waals surface area contributed by atoms with Gasteiger partial charge in [-0.25, -0.2) is 0 Å². The Morgan fingerprint density at radius 2 is 2.00 bits per heavy atom. The van der Waals surface area contributed by atoms with Gasteiger partial charge in [0.1, 0.15) is 5.76 Å². The molecule has 9 nitrogen and oxygen atoms in total. The molecule has 182 valence electrons. The molecule has 1 saturated carbocycles. The maximum absolute atomic E-state index is 13.0. The molecule has 0 bridgehead atoms. The molecule has 0 radical (unpaired) electrons. The Morgan fingerprint density at radius 1 is 1.17 bits per heavy atom. The molecule has 3 aromatic heterocycles. The van der Waals surface area contributed by atoms with Gasteiger partial charge >= 0.3 is 0 Å². The Morgan fingerprint density at radius 3 is 2.75 bits per heavy atom. The van der Waals surface area contributed by atoms with Crippen LogP contribution < -0.4 is 11.1 Å². The highest BCUT2D eigenvalue weighted by Gasteiger charge is 2.29. The predicted molar refractivity (Wildman–Crippen MR) is 136 cm³/mol. The number of nitrogens with zero attached hydrogens (tertiary/aromatic N) is 3. The highest BCUT2D eigenvalue weighted by molar-refractivity contribution is 6.00. The van der Waals surface area contributed by atoms with Crippen LogP contribution in [0.1, 0.15) is 34.7 Å². The Bertz CT molecular complexity index is 1340. The molecule has 0 atom stereocenters. The third kappa shape index (κ3) is 5.59. The van der Waals surface area contributed by atoms with E-state index in [1.54, 1.807) is 49.1 Å². The highest BCUT2D eigenvalue weighted by Crippen LogP contribution is 2.27. The van der Waals surface area contributed by atoms with Crippen molar-refractivity contribution in [2.75, 3.05) is 0 Å². The summed E-state index contributed by atoms with van der Waals surface area (Å²) in [6.07, 6.45) is 8.32. The van der Waals surface area contributed by atoms with E-state index in [1.807, 2.05) is 36.4 Å². The zero-order chi connectivity index (χ0) is 24.7. The average molecular weight is 483 g/mol. The Hall–Kier alpha value is -4.50. The SMILES string of the molecule is NC(=C(C=NC1CC(OCc2ccccc2)C1)NC(=O)c1ccc(-c2cn[nH]c2)o1)c1ccccn1. The number of rotatable bonds is 9. The first-order valence-corrected chi connectivity index (χ1v) is 11.7. The summed E-state index contributed by atoms with van der Waals surface area (Å²) in [5.74, 6) is 0.230. The van der Waals surface area contributed by atoms with Crippen LogP contribution >= 0.6 is 0 Å². The van der Waals surface area contributed by atoms with E-state index in [0.29, 0.717) is 29.5 Å². The third-order valence-corrected chi connectivity index (χ3v) is 5.90. The van der Waals surface area contributed by atoms with Crippen molar-refractivity contribution >= 4 is 17.8 Å². The largest absolute Gasteiger partial charge is 0.451 e. The topological polar surface area (TPSA) is 131 Å². The fourth-order valence-corrected chi connectivity index (χ4v) is 3.78. The molecule has 1 aliphatic rings. The first-order valence-electron chi connectivity index (χ1n) is 11.7. The van der Waals surface area contributed by atoms with Crippen LogP contribution in [0.2, 0.25) is 0 Å². The number of furan rings is 1. The fourth-order valence-electron chi connectivity index (χ4n) is 3.78. The molecule has 4 N–H and O–H groups in total. The van der Waals surface area contributed by atoms with Gasteiger partial charge in [-0.05, 0) is 42.7 Å². The Kier molecular flexibility index (Phi) is 7.00. The lowest BCUT2D eigenvalue weighted by Crippen LogP contribution is -2.35. The van der Waals surface area contributed by atoms with Gasteiger partial charge in [-0.2, -0.15) is 5.10 Å². The van der Waals surface area contributed by atoms with Crippen LogP contribution in [0.3, 0.4) is 0 Å². The molecular weight excluding hydrogens is 456 g/mol. The van der Waals surface area contributed by atoms with E-state index in [0.717, 1.165) is 24.0 Å². The van der Waals surface area contributed by atoms with E-state index < -0.39 is 5.91 Å². The van der Waals surface area contributed by atoms with Gasteiger partial charge in [-0.15, -0.1) is 0 Å². The monoisotopic (exact) mass is 482 g/mol. The summed E-state index contributed by atoms with van der Waals surface area (Å²) in [4.78, 5) is 21.9. The molecule has 0 saturated heterocycles. The summed E-state index contributed by atoms with van der Waals surface area (Å²) >= 11 is 0. The van der Waals surface area contributed by atoms with Gasteiger partial charge < -0.3 is 20.2 Å². The van der Waals surface area contributed by atoms with Gasteiger partial charge in [0.2, 0.25) is 0 Å². The third-order valence-electron chi connectivity index (χ3n) is 5.90. The van der Waals surface area contributed by atoms with Crippen LogP contribution in [0.15, 0.2) is 94.4 Å². The van der Waals surface area contributed by atoms with E-state index in [1.165, 1.54) is 0 Å². The number of nitrogens with one attached hydrogen (secondary N) is 2. The normalized spacial score (nSPS) is 18.0. The predicted octanol–water partition coefficient (Wildman–Crippen LogP) is 3.94. The number of aliphatic imine (C=N–C) groups is 1. The summed E-state index contributed by atoms with van der Waals surface area (Å²) in [7, 11) is 0. The maximum Gasteiger partial charge on any atom is 0.291 e.